The Hall–Kier alpha value is -1.36. The molecule has 0 radical (unpaired) electrons. The third-order valence-corrected chi connectivity index (χ3v) is 1.76. The molecule has 2 aromatic rings. The molecule has 0 aliphatic rings. The van der Waals surface area contributed by atoms with Crippen LogP contribution in [0.2, 0.25) is 5.02 Å². The quantitative estimate of drug-likeness (QED) is 0.779. The SMILES string of the molecule is FC(F)Oc1nc2ccc(Cl)cc2o1. The molecule has 0 saturated heterocycles. The minimum absolute atomic E-state index is 0.313. The predicted molar refractivity (Wildman–Crippen MR) is 45.7 cm³/mol. The van der Waals surface area contributed by atoms with E-state index in [-0.39, 0.29) is 0 Å². The van der Waals surface area contributed by atoms with Crippen LogP contribution in [-0.4, -0.2) is 11.6 Å². The molecule has 1 aromatic heterocycles. The molecule has 0 aliphatic carbocycles. The minimum Gasteiger partial charge on any atom is -0.409 e. The zero-order chi connectivity index (χ0) is 10.1. The summed E-state index contributed by atoms with van der Waals surface area (Å²) in [6.45, 7) is -2.95. The van der Waals surface area contributed by atoms with Crippen molar-refractivity contribution in [2.24, 2.45) is 0 Å². The van der Waals surface area contributed by atoms with Crippen molar-refractivity contribution in [3.05, 3.63) is 23.2 Å². The number of ether oxygens (including phenoxy) is 1. The summed E-state index contributed by atoms with van der Waals surface area (Å²) in [6, 6.07) is 4.61. The maximum Gasteiger partial charge on any atom is 0.399 e. The van der Waals surface area contributed by atoms with Crippen LogP contribution in [0.1, 0.15) is 0 Å². The van der Waals surface area contributed by atoms with Crippen LogP contribution in [0.25, 0.3) is 11.1 Å². The van der Waals surface area contributed by atoms with Crippen molar-refractivity contribution < 1.29 is 17.9 Å². The van der Waals surface area contributed by atoms with Crippen LogP contribution in [0.5, 0.6) is 6.08 Å². The van der Waals surface area contributed by atoms with Crippen molar-refractivity contribution in [1.29, 1.82) is 0 Å². The van der Waals surface area contributed by atoms with E-state index in [4.69, 9.17) is 16.0 Å². The van der Waals surface area contributed by atoms with Gasteiger partial charge in [-0.25, -0.2) is 0 Å². The van der Waals surface area contributed by atoms with Crippen molar-refractivity contribution >= 4 is 22.7 Å². The predicted octanol–water partition coefficient (Wildman–Crippen LogP) is 3.08. The summed E-state index contributed by atoms with van der Waals surface area (Å²) in [6.07, 6.45) is -0.461. The maximum atomic E-state index is 11.8. The molecule has 2 rings (SSSR count). The average molecular weight is 220 g/mol. The third kappa shape index (κ3) is 1.77. The normalized spacial score (nSPS) is 11.1. The molecule has 0 atom stereocenters. The highest BCUT2D eigenvalue weighted by atomic mass is 35.5. The van der Waals surface area contributed by atoms with Crippen molar-refractivity contribution in [3.63, 3.8) is 0 Å². The molecule has 0 N–H and O–H groups in total. The zero-order valence-corrected chi connectivity index (χ0v) is 7.46. The Labute approximate surface area is 82.2 Å². The molecule has 0 saturated carbocycles. The Morgan fingerprint density at radius 3 is 2.93 bits per heavy atom. The summed E-state index contributed by atoms with van der Waals surface area (Å²) in [7, 11) is 0. The molecular weight excluding hydrogens is 216 g/mol. The average Bonchev–Trinajstić information content (AvgIpc) is 2.44. The van der Waals surface area contributed by atoms with E-state index in [1.165, 1.54) is 6.07 Å². The Morgan fingerprint density at radius 1 is 1.43 bits per heavy atom. The largest absolute Gasteiger partial charge is 0.409 e. The molecule has 14 heavy (non-hydrogen) atoms. The number of oxazole rings is 1. The van der Waals surface area contributed by atoms with Gasteiger partial charge in [-0.2, -0.15) is 13.8 Å². The highest BCUT2D eigenvalue weighted by molar-refractivity contribution is 6.31. The summed E-state index contributed by atoms with van der Waals surface area (Å²) in [5, 5.41) is 0.442. The number of benzene rings is 1. The van der Waals surface area contributed by atoms with Gasteiger partial charge in [-0.3, -0.25) is 0 Å². The summed E-state index contributed by atoms with van der Waals surface area (Å²) in [4.78, 5) is 3.67. The van der Waals surface area contributed by atoms with E-state index in [1.54, 1.807) is 12.1 Å². The fourth-order valence-electron chi connectivity index (χ4n) is 1.00. The highest BCUT2D eigenvalue weighted by Crippen LogP contribution is 2.24. The van der Waals surface area contributed by atoms with E-state index in [2.05, 4.69) is 9.72 Å². The first-order valence-corrected chi connectivity index (χ1v) is 4.04. The number of halogens is 3. The van der Waals surface area contributed by atoms with Gasteiger partial charge in [0.05, 0.1) is 0 Å². The van der Waals surface area contributed by atoms with Gasteiger partial charge in [-0.1, -0.05) is 11.6 Å². The van der Waals surface area contributed by atoms with Crippen LogP contribution in [0.3, 0.4) is 0 Å². The van der Waals surface area contributed by atoms with E-state index in [1.807, 2.05) is 0 Å². The summed E-state index contributed by atoms with van der Waals surface area (Å²) in [5.41, 5.74) is 0.734. The Balaban J connectivity index is 2.41. The number of hydrogen-bond donors (Lipinski definition) is 0. The maximum absolute atomic E-state index is 11.8. The summed E-state index contributed by atoms with van der Waals surface area (Å²) >= 11 is 5.66. The topological polar surface area (TPSA) is 35.3 Å². The molecule has 0 unspecified atom stereocenters. The number of alkyl halides is 2. The van der Waals surface area contributed by atoms with Gasteiger partial charge in [0.15, 0.2) is 5.58 Å². The van der Waals surface area contributed by atoms with Gasteiger partial charge < -0.3 is 9.15 Å². The van der Waals surface area contributed by atoms with Gasteiger partial charge in [-0.05, 0) is 12.1 Å². The lowest BCUT2D eigenvalue weighted by Gasteiger charge is -1.94. The molecule has 1 heterocycles. The van der Waals surface area contributed by atoms with E-state index >= 15 is 0 Å². The van der Waals surface area contributed by atoms with E-state index in [0.717, 1.165) is 0 Å². The number of aromatic nitrogens is 1. The van der Waals surface area contributed by atoms with Crippen molar-refractivity contribution in [2.75, 3.05) is 0 Å². The molecule has 6 heteroatoms. The fourth-order valence-corrected chi connectivity index (χ4v) is 1.17. The summed E-state index contributed by atoms with van der Waals surface area (Å²) in [5.74, 6) is 0. The van der Waals surface area contributed by atoms with Crippen molar-refractivity contribution in [2.45, 2.75) is 6.61 Å². The van der Waals surface area contributed by atoms with Gasteiger partial charge in [0, 0.05) is 11.1 Å². The molecular formula is C8H4ClF2NO2. The van der Waals surface area contributed by atoms with Gasteiger partial charge >= 0.3 is 12.7 Å². The molecule has 74 valence electrons. The van der Waals surface area contributed by atoms with Crippen molar-refractivity contribution in [1.82, 2.24) is 4.98 Å². The van der Waals surface area contributed by atoms with Gasteiger partial charge in [-0.15, -0.1) is 0 Å². The molecule has 0 spiro atoms. The lowest BCUT2D eigenvalue weighted by molar-refractivity contribution is -0.0664. The van der Waals surface area contributed by atoms with E-state index in [9.17, 15) is 8.78 Å². The van der Waals surface area contributed by atoms with Crippen LogP contribution in [0.4, 0.5) is 8.78 Å². The zero-order valence-electron chi connectivity index (χ0n) is 6.71. The third-order valence-electron chi connectivity index (χ3n) is 1.52. The van der Waals surface area contributed by atoms with Gasteiger partial charge in [0.2, 0.25) is 0 Å². The first kappa shape index (κ1) is 9.21. The first-order chi connectivity index (χ1) is 6.65. The van der Waals surface area contributed by atoms with E-state index < -0.39 is 12.7 Å². The second-order valence-corrected chi connectivity index (χ2v) is 2.91. The second kappa shape index (κ2) is 3.42. The Kier molecular flexibility index (Phi) is 2.25. The lowest BCUT2D eigenvalue weighted by Crippen LogP contribution is -2.01. The minimum atomic E-state index is -2.95. The fraction of sp³-hybridized carbons (Fsp3) is 0.125. The van der Waals surface area contributed by atoms with Crippen LogP contribution in [0, 0.1) is 0 Å². The van der Waals surface area contributed by atoms with E-state index in [0.29, 0.717) is 16.1 Å². The van der Waals surface area contributed by atoms with Crippen LogP contribution >= 0.6 is 11.6 Å². The second-order valence-electron chi connectivity index (χ2n) is 2.47. The number of fused-ring (bicyclic) bond motifs is 1. The molecule has 0 bridgehead atoms. The standard InChI is InChI=1S/C8H4ClF2NO2/c9-4-1-2-5-6(3-4)13-8(12-5)14-7(10)11/h1-3,7H. The molecule has 1 aromatic carbocycles. The smallest absolute Gasteiger partial charge is 0.399 e. The molecule has 0 amide bonds. The first-order valence-electron chi connectivity index (χ1n) is 3.66. The van der Waals surface area contributed by atoms with Crippen molar-refractivity contribution in [3.8, 4) is 6.08 Å². The lowest BCUT2D eigenvalue weighted by atomic mass is 10.3. The molecule has 3 nitrogen and oxygen atoms in total. The van der Waals surface area contributed by atoms with Crippen LogP contribution in [-0.2, 0) is 0 Å². The monoisotopic (exact) mass is 219 g/mol. The number of hydrogen-bond acceptors (Lipinski definition) is 3. The van der Waals surface area contributed by atoms with Gasteiger partial charge in [0.1, 0.15) is 5.52 Å². The van der Waals surface area contributed by atoms with Crippen LogP contribution in [0.15, 0.2) is 22.6 Å². The Morgan fingerprint density at radius 2 is 2.21 bits per heavy atom. The van der Waals surface area contributed by atoms with Crippen LogP contribution < -0.4 is 4.74 Å². The summed E-state index contributed by atoms with van der Waals surface area (Å²) < 4.78 is 32.4. The molecule has 0 aliphatic heterocycles. The Bertz CT molecular complexity index is 458. The molecule has 0 fully saturated rings. The number of nitrogens with zero attached hydrogens (tertiary/aromatic N) is 1. The highest BCUT2D eigenvalue weighted by Gasteiger charge is 2.11. The van der Waals surface area contributed by atoms with Gasteiger partial charge in [0.25, 0.3) is 0 Å². The number of rotatable bonds is 2.